The first-order valence-electron chi connectivity index (χ1n) is 4.33. The molecule has 0 amide bonds. The third kappa shape index (κ3) is 1.99. The van der Waals surface area contributed by atoms with E-state index in [2.05, 4.69) is 6.07 Å². The highest BCUT2D eigenvalue weighted by atomic mass is 32.1. The molecule has 2 nitrogen and oxygen atoms in total. The lowest BCUT2D eigenvalue weighted by Crippen LogP contribution is -2.07. The average Bonchev–Trinajstić information content (AvgIpc) is 2.91. The van der Waals surface area contributed by atoms with Crippen molar-refractivity contribution in [3.05, 3.63) is 44.8 Å². The molecule has 15 heavy (non-hydrogen) atoms. The van der Waals surface area contributed by atoms with Crippen molar-refractivity contribution < 1.29 is 4.79 Å². The summed E-state index contributed by atoms with van der Waals surface area (Å²) in [5.74, 6) is -0.751. The molecule has 0 saturated carbocycles. The van der Waals surface area contributed by atoms with E-state index in [4.69, 9.17) is 5.26 Å². The molecule has 0 spiro atoms. The molecule has 0 saturated heterocycles. The Morgan fingerprint density at radius 1 is 1.27 bits per heavy atom. The Morgan fingerprint density at radius 2 is 2.00 bits per heavy atom. The maximum absolute atomic E-state index is 11.9. The number of Topliss-reactive ketones (excluding diaryl/α,β-unsaturated/α-hetero) is 1. The molecule has 74 valence electrons. The summed E-state index contributed by atoms with van der Waals surface area (Å²) in [4.78, 5) is 13.4. The maximum Gasteiger partial charge on any atom is 0.195 e. The highest BCUT2D eigenvalue weighted by Gasteiger charge is 2.22. The van der Waals surface area contributed by atoms with Gasteiger partial charge in [-0.3, -0.25) is 4.79 Å². The first-order valence-corrected chi connectivity index (χ1v) is 6.09. The van der Waals surface area contributed by atoms with E-state index in [1.54, 1.807) is 6.07 Å². The van der Waals surface area contributed by atoms with Gasteiger partial charge in [0.15, 0.2) is 5.78 Å². The molecule has 0 fully saturated rings. The SMILES string of the molecule is N#CC(C(=O)c1cccs1)c1cccs1. The Hall–Kier alpha value is -1.44. The van der Waals surface area contributed by atoms with E-state index in [-0.39, 0.29) is 5.78 Å². The molecule has 4 heteroatoms. The number of carbonyl (C=O) groups is 1. The van der Waals surface area contributed by atoms with E-state index in [0.717, 1.165) is 4.88 Å². The standard InChI is InChI=1S/C11H7NOS2/c12-7-8(9-3-1-5-14-9)11(13)10-4-2-6-15-10/h1-6,8H. The summed E-state index contributed by atoms with van der Waals surface area (Å²) in [5, 5.41) is 12.7. The molecular weight excluding hydrogens is 226 g/mol. The highest BCUT2D eigenvalue weighted by molar-refractivity contribution is 7.12. The van der Waals surface area contributed by atoms with Crippen molar-refractivity contribution in [1.82, 2.24) is 0 Å². The zero-order valence-electron chi connectivity index (χ0n) is 7.71. The monoisotopic (exact) mass is 233 g/mol. The largest absolute Gasteiger partial charge is 0.291 e. The van der Waals surface area contributed by atoms with Gasteiger partial charge in [-0.15, -0.1) is 22.7 Å². The van der Waals surface area contributed by atoms with Crippen molar-refractivity contribution in [2.24, 2.45) is 0 Å². The van der Waals surface area contributed by atoms with E-state index in [9.17, 15) is 4.79 Å². The van der Waals surface area contributed by atoms with E-state index in [1.807, 2.05) is 29.0 Å². The molecule has 0 aliphatic heterocycles. The Kier molecular flexibility index (Phi) is 2.95. The van der Waals surface area contributed by atoms with Crippen molar-refractivity contribution in [3.8, 4) is 6.07 Å². The zero-order chi connectivity index (χ0) is 10.7. The van der Waals surface area contributed by atoms with Crippen LogP contribution >= 0.6 is 22.7 Å². The number of hydrogen-bond donors (Lipinski definition) is 0. The van der Waals surface area contributed by atoms with Crippen molar-refractivity contribution in [3.63, 3.8) is 0 Å². The fourth-order valence-electron chi connectivity index (χ4n) is 1.27. The number of nitrogens with zero attached hydrogens (tertiary/aromatic N) is 1. The average molecular weight is 233 g/mol. The van der Waals surface area contributed by atoms with Crippen LogP contribution in [0.2, 0.25) is 0 Å². The summed E-state index contributed by atoms with van der Waals surface area (Å²) < 4.78 is 0. The van der Waals surface area contributed by atoms with Crippen molar-refractivity contribution in [1.29, 1.82) is 5.26 Å². The van der Waals surface area contributed by atoms with Gasteiger partial charge in [-0.2, -0.15) is 5.26 Å². The van der Waals surface area contributed by atoms with Crippen LogP contribution in [0.5, 0.6) is 0 Å². The number of rotatable bonds is 3. The molecule has 2 aromatic heterocycles. The van der Waals surface area contributed by atoms with Gasteiger partial charge in [-0.25, -0.2) is 0 Å². The van der Waals surface area contributed by atoms with Gasteiger partial charge in [-0.05, 0) is 22.9 Å². The number of hydrogen-bond acceptors (Lipinski definition) is 4. The first kappa shape index (κ1) is 10.1. The fraction of sp³-hybridized carbons (Fsp3) is 0.0909. The lowest BCUT2D eigenvalue weighted by Gasteiger charge is -2.02. The predicted molar refractivity (Wildman–Crippen MR) is 61.3 cm³/mol. The molecule has 2 aromatic rings. The second-order valence-corrected chi connectivity index (χ2v) is 4.85. The minimum Gasteiger partial charge on any atom is -0.291 e. The minimum absolute atomic E-state index is 0.102. The third-order valence-corrected chi connectivity index (χ3v) is 3.80. The molecule has 0 radical (unpaired) electrons. The van der Waals surface area contributed by atoms with Gasteiger partial charge in [0.25, 0.3) is 0 Å². The Labute approximate surface area is 95.4 Å². The predicted octanol–water partition coefficient (Wildman–Crippen LogP) is 3.30. The normalized spacial score (nSPS) is 11.9. The molecule has 0 aliphatic rings. The van der Waals surface area contributed by atoms with Crippen LogP contribution in [0.3, 0.4) is 0 Å². The van der Waals surface area contributed by atoms with E-state index >= 15 is 0 Å². The molecular formula is C11H7NOS2. The second kappa shape index (κ2) is 4.39. The van der Waals surface area contributed by atoms with Crippen molar-refractivity contribution in [2.75, 3.05) is 0 Å². The van der Waals surface area contributed by atoms with Gasteiger partial charge in [0, 0.05) is 4.88 Å². The van der Waals surface area contributed by atoms with Gasteiger partial charge in [0.2, 0.25) is 0 Å². The molecule has 2 rings (SSSR count). The molecule has 0 bridgehead atoms. The molecule has 1 unspecified atom stereocenters. The van der Waals surface area contributed by atoms with E-state index in [0.29, 0.717) is 4.88 Å². The zero-order valence-corrected chi connectivity index (χ0v) is 9.35. The van der Waals surface area contributed by atoms with E-state index < -0.39 is 5.92 Å². The smallest absolute Gasteiger partial charge is 0.195 e. The summed E-state index contributed by atoms with van der Waals surface area (Å²) in [6.45, 7) is 0. The van der Waals surface area contributed by atoms with Crippen LogP contribution in [-0.2, 0) is 0 Å². The number of nitriles is 1. The van der Waals surface area contributed by atoms with Crippen LogP contribution in [0, 0.1) is 11.3 Å². The van der Waals surface area contributed by atoms with Gasteiger partial charge in [0.05, 0.1) is 10.9 Å². The lowest BCUT2D eigenvalue weighted by molar-refractivity contribution is 0.0984. The summed E-state index contributed by atoms with van der Waals surface area (Å²) >= 11 is 2.82. The summed E-state index contributed by atoms with van der Waals surface area (Å²) in [6.07, 6.45) is 0. The Bertz CT molecular complexity index is 479. The summed E-state index contributed by atoms with van der Waals surface area (Å²) in [5.41, 5.74) is 0. The van der Waals surface area contributed by atoms with E-state index in [1.165, 1.54) is 22.7 Å². The lowest BCUT2D eigenvalue weighted by atomic mass is 10.0. The topological polar surface area (TPSA) is 40.9 Å². The third-order valence-electron chi connectivity index (χ3n) is 1.98. The van der Waals surface area contributed by atoms with Crippen molar-refractivity contribution >= 4 is 28.5 Å². The Balaban J connectivity index is 2.30. The van der Waals surface area contributed by atoms with Gasteiger partial charge >= 0.3 is 0 Å². The van der Waals surface area contributed by atoms with Crippen LogP contribution in [0.15, 0.2) is 35.0 Å². The molecule has 1 atom stereocenters. The first-order chi connectivity index (χ1) is 7.33. The van der Waals surface area contributed by atoms with Crippen LogP contribution in [0.25, 0.3) is 0 Å². The number of carbonyl (C=O) groups excluding carboxylic acids is 1. The van der Waals surface area contributed by atoms with Crippen LogP contribution in [0.4, 0.5) is 0 Å². The number of thiophene rings is 2. The maximum atomic E-state index is 11.9. The van der Waals surface area contributed by atoms with Gasteiger partial charge in [0.1, 0.15) is 5.92 Å². The van der Waals surface area contributed by atoms with Crippen LogP contribution in [-0.4, -0.2) is 5.78 Å². The highest BCUT2D eigenvalue weighted by Crippen LogP contribution is 2.26. The van der Waals surface area contributed by atoms with Gasteiger partial charge < -0.3 is 0 Å². The molecule has 2 heterocycles. The number of ketones is 1. The second-order valence-electron chi connectivity index (χ2n) is 2.92. The summed E-state index contributed by atoms with van der Waals surface area (Å²) in [7, 11) is 0. The quantitative estimate of drug-likeness (QED) is 0.763. The Morgan fingerprint density at radius 3 is 2.53 bits per heavy atom. The summed E-state index contributed by atoms with van der Waals surface area (Å²) in [6, 6.07) is 9.31. The van der Waals surface area contributed by atoms with Crippen LogP contribution in [0.1, 0.15) is 20.5 Å². The van der Waals surface area contributed by atoms with Crippen LogP contribution < -0.4 is 0 Å². The van der Waals surface area contributed by atoms with Crippen molar-refractivity contribution in [2.45, 2.75) is 5.92 Å². The van der Waals surface area contributed by atoms with Gasteiger partial charge in [-0.1, -0.05) is 12.1 Å². The minimum atomic E-state index is -0.649. The molecule has 0 aliphatic carbocycles. The molecule has 0 aromatic carbocycles. The molecule has 0 N–H and O–H groups in total. The fourth-order valence-corrected chi connectivity index (χ4v) is 2.73.